The summed E-state index contributed by atoms with van der Waals surface area (Å²) in [6, 6.07) is 7.43. The minimum Gasteiger partial charge on any atom is -0.384 e. The zero-order valence-corrected chi connectivity index (χ0v) is 13.0. The molecule has 0 bridgehead atoms. The minimum atomic E-state index is -0.287. The van der Waals surface area contributed by atoms with Gasteiger partial charge in [-0.15, -0.1) is 0 Å². The number of nitrogens with zero attached hydrogens (tertiary/aromatic N) is 1. The number of benzene rings is 1. The highest BCUT2D eigenvalue weighted by Crippen LogP contribution is 2.28. The number of anilines is 2. The van der Waals surface area contributed by atoms with Gasteiger partial charge in [-0.3, -0.25) is 4.79 Å². The molecule has 1 aromatic heterocycles. The number of hydrogen-bond donors (Lipinski definition) is 2. The second kappa shape index (κ2) is 6.14. The Morgan fingerprint density at radius 3 is 2.76 bits per heavy atom. The molecule has 0 spiro atoms. The van der Waals surface area contributed by atoms with Crippen LogP contribution in [0.25, 0.3) is 0 Å². The monoisotopic (exact) mass is 303 g/mol. The van der Waals surface area contributed by atoms with Crippen LogP contribution < -0.4 is 11.1 Å². The largest absolute Gasteiger partial charge is 0.384 e. The average Bonchev–Trinajstić information content (AvgIpc) is 2.43. The van der Waals surface area contributed by atoms with Gasteiger partial charge in [-0.2, -0.15) is 0 Å². The number of amides is 1. The number of pyridine rings is 1. The van der Waals surface area contributed by atoms with E-state index in [-0.39, 0.29) is 16.7 Å². The molecule has 21 heavy (non-hydrogen) atoms. The number of hydrogen-bond acceptors (Lipinski definition) is 3. The van der Waals surface area contributed by atoms with E-state index in [9.17, 15) is 4.79 Å². The highest BCUT2D eigenvalue weighted by Gasteiger charge is 2.16. The van der Waals surface area contributed by atoms with Crippen LogP contribution in [0.4, 0.5) is 11.5 Å². The fraction of sp³-hybridized carbons (Fsp3) is 0.250. The number of aromatic nitrogens is 1. The first-order valence-corrected chi connectivity index (χ1v) is 7.09. The molecule has 110 valence electrons. The summed E-state index contributed by atoms with van der Waals surface area (Å²) in [4.78, 5) is 16.3. The normalized spacial score (nSPS) is 10.7. The molecular weight excluding hydrogens is 286 g/mol. The lowest BCUT2D eigenvalue weighted by atomic mass is 9.98. The van der Waals surface area contributed by atoms with E-state index < -0.39 is 0 Å². The number of aryl methyl sites for hydroxylation is 1. The number of nitrogens with one attached hydrogen (secondary N) is 1. The molecule has 0 atom stereocenters. The third-order valence-corrected chi connectivity index (χ3v) is 3.59. The maximum absolute atomic E-state index is 12.4. The van der Waals surface area contributed by atoms with Crippen molar-refractivity contribution >= 4 is 29.0 Å². The summed E-state index contributed by atoms with van der Waals surface area (Å²) in [6.45, 7) is 6.13. The van der Waals surface area contributed by atoms with Gasteiger partial charge >= 0.3 is 0 Å². The van der Waals surface area contributed by atoms with Crippen LogP contribution in [-0.2, 0) is 0 Å². The summed E-state index contributed by atoms with van der Waals surface area (Å²) in [7, 11) is 0. The zero-order chi connectivity index (χ0) is 15.6. The van der Waals surface area contributed by atoms with Crippen LogP contribution >= 0.6 is 11.6 Å². The van der Waals surface area contributed by atoms with E-state index >= 15 is 0 Å². The molecule has 0 fully saturated rings. The topological polar surface area (TPSA) is 68.0 Å². The fourth-order valence-corrected chi connectivity index (χ4v) is 2.34. The van der Waals surface area contributed by atoms with E-state index in [2.05, 4.69) is 24.1 Å². The van der Waals surface area contributed by atoms with Crippen molar-refractivity contribution in [3.05, 3.63) is 52.2 Å². The Hall–Kier alpha value is -2.07. The number of carbonyl (C=O) groups excluding carboxylic acids is 1. The summed E-state index contributed by atoms with van der Waals surface area (Å²) >= 11 is 6.02. The quantitative estimate of drug-likeness (QED) is 0.900. The van der Waals surface area contributed by atoms with E-state index in [1.54, 1.807) is 0 Å². The Morgan fingerprint density at radius 1 is 1.38 bits per heavy atom. The molecule has 0 aliphatic rings. The second-order valence-electron chi connectivity index (χ2n) is 5.24. The van der Waals surface area contributed by atoms with Crippen molar-refractivity contribution < 1.29 is 4.79 Å². The van der Waals surface area contributed by atoms with Crippen LogP contribution in [-0.4, -0.2) is 10.9 Å². The number of nitrogens with two attached hydrogens (primary N) is 1. The van der Waals surface area contributed by atoms with E-state index in [0.717, 1.165) is 16.8 Å². The van der Waals surface area contributed by atoms with Crippen LogP contribution in [0.2, 0.25) is 5.02 Å². The molecule has 4 nitrogen and oxygen atoms in total. The Balaban J connectivity index is 2.38. The van der Waals surface area contributed by atoms with E-state index in [1.165, 1.54) is 12.3 Å². The van der Waals surface area contributed by atoms with Crippen molar-refractivity contribution in [1.29, 1.82) is 0 Å². The van der Waals surface area contributed by atoms with E-state index in [0.29, 0.717) is 11.5 Å². The summed E-state index contributed by atoms with van der Waals surface area (Å²) in [5.41, 5.74) is 8.85. The van der Waals surface area contributed by atoms with Gasteiger partial charge in [-0.1, -0.05) is 43.6 Å². The van der Waals surface area contributed by atoms with Crippen molar-refractivity contribution in [3.8, 4) is 0 Å². The number of nitrogen functional groups attached to an aromatic ring is 1. The Kier molecular flexibility index (Phi) is 4.48. The van der Waals surface area contributed by atoms with Gasteiger partial charge in [0.2, 0.25) is 0 Å². The van der Waals surface area contributed by atoms with Gasteiger partial charge in [0, 0.05) is 11.9 Å². The molecule has 1 amide bonds. The van der Waals surface area contributed by atoms with Crippen molar-refractivity contribution in [2.75, 3.05) is 11.1 Å². The molecular formula is C16H18ClN3O. The predicted octanol–water partition coefficient (Wildman–Crippen LogP) is 4.00. The first-order valence-electron chi connectivity index (χ1n) is 6.72. The summed E-state index contributed by atoms with van der Waals surface area (Å²) < 4.78 is 0. The predicted molar refractivity (Wildman–Crippen MR) is 86.9 cm³/mol. The lowest BCUT2D eigenvalue weighted by Crippen LogP contribution is -2.16. The molecule has 5 heteroatoms. The van der Waals surface area contributed by atoms with Gasteiger partial charge < -0.3 is 11.1 Å². The standard InChI is InChI=1S/C16H18ClN3O/c1-9(2)11-6-4-5-10(3)15(11)20-16(21)12-7-14(18)19-8-13(12)17/h4-9H,1-3H3,(H2,18,19)(H,20,21). The molecule has 2 rings (SSSR count). The van der Waals surface area contributed by atoms with Crippen LogP contribution in [0.5, 0.6) is 0 Å². The molecule has 1 aromatic carbocycles. The molecule has 0 saturated carbocycles. The SMILES string of the molecule is Cc1cccc(C(C)C)c1NC(=O)c1cc(N)ncc1Cl. The lowest BCUT2D eigenvalue weighted by molar-refractivity contribution is 0.102. The summed E-state index contributed by atoms with van der Waals surface area (Å²) in [5.74, 6) is 0.280. The molecule has 2 aromatic rings. The highest BCUT2D eigenvalue weighted by molar-refractivity contribution is 6.34. The molecule has 1 heterocycles. The fourth-order valence-electron chi connectivity index (χ4n) is 2.15. The lowest BCUT2D eigenvalue weighted by Gasteiger charge is -2.16. The first kappa shape index (κ1) is 15.3. The number of rotatable bonds is 3. The second-order valence-corrected chi connectivity index (χ2v) is 5.64. The van der Waals surface area contributed by atoms with Gasteiger partial charge in [0.15, 0.2) is 0 Å². The van der Waals surface area contributed by atoms with Gasteiger partial charge in [0.25, 0.3) is 5.91 Å². The van der Waals surface area contributed by atoms with Crippen molar-refractivity contribution in [3.63, 3.8) is 0 Å². The minimum absolute atomic E-state index is 0.262. The maximum Gasteiger partial charge on any atom is 0.257 e. The Morgan fingerprint density at radius 2 is 2.10 bits per heavy atom. The number of para-hydroxylation sites is 1. The van der Waals surface area contributed by atoms with Crippen molar-refractivity contribution in [1.82, 2.24) is 4.98 Å². The van der Waals surface area contributed by atoms with E-state index in [4.69, 9.17) is 17.3 Å². The highest BCUT2D eigenvalue weighted by atomic mass is 35.5. The van der Waals surface area contributed by atoms with Gasteiger partial charge in [0.1, 0.15) is 5.82 Å². The average molecular weight is 304 g/mol. The Bertz CT molecular complexity index is 683. The number of carbonyl (C=O) groups is 1. The van der Waals surface area contributed by atoms with Crippen LogP contribution in [0.15, 0.2) is 30.5 Å². The molecule has 3 N–H and O–H groups in total. The Labute approximate surface area is 129 Å². The van der Waals surface area contributed by atoms with Crippen LogP contribution in [0.3, 0.4) is 0 Å². The molecule has 0 unspecified atom stereocenters. The van der Waals surface area contributed by atoms with Gasteiger partial charge in [-0.05, 0) is 30.0 Å². The van der Waals surface area contributed by atoms with Gasteiger partial charge in [-0.25, -0.2) is 4.98 Å². The third-order valence-electron chi connectivity index (χ3n) is 3.29. The van der Waals surface area contributed by atoms with E-state index in [1.807, 2.05) is 25.1 Å². The smallest absolute Gasteiger partial charge is 0.257 e. The zero-order valence-electron chi connectivity index (χ0n) is 12.3. The third kappa shape index (κ3) is 3.34. The van der Waals surface area contributed by atoms with Crippen molar-refractivity contribution in [2.45, 2.75) is 26.7 Å². The first-order chi connectivity index (χ1) is 9.90. The van der Waals surface area contributed by atoms with Crippen LogP contribution in [0, 0.1) is 6.92 Å². The molecule has 0 radical (unpaired) electrons. The van der Waals surface area contributed by atoms with Crippen LogP contribution in [0.1, 0.15) is 41.3 Å². The summed E-state index contributed by atoms with van der Waals surface area (Å²) in [6.07, 6.45) is 1.38. The molecule has 0 saturated heterocycles. The maximum atomic E-state index is 12.4. The number of halogens is 1. The molecule has 0 aliphatic heterocycles. The molecule has 0 aliphatic carbocycles. The van der Waals surface area contributed by atoms with Gasteiger partial charge in [0.05, 0.1) is 10.6 Å². The summed E-state index contributed by atoms with van der Waals surface area (Å²) in [5, 5.41) is 3.22. The van der Waals surface area contributed by atoms with Crippen molar-refractivity contribution in [2.24, 2.45) is 0 Å².